The molecule has 0 atom stereocenters. The smallest absolute Gasteiger partial charge is 0.325 e. The Bertz CT molecular complexity index is 379. The second-order valence-electron chi connectivity index (χ2n) is 5.31. The van der Waals surface area contributed by atoms with Crippen molar-refractivity contribution in [2.45, 2.75) is 45.4 Å². The minimum Gasteiger partial charge on any atom is -0.468 e. The van der Waals surface area contributed by atoms with E-state index in [1.54, 1.807) is 0 Å². The zero-order chi connectivity index (χ0) is 15.2. The van der Waals surface area contributed by atoms with Gasteiger partial charge in [-0.3, -0.25) is 9.59 Å². The van der Waals surface area contributed by atoms with Crippen LogP contribution in [0, 0.1) is 5.41 Å². The number of esters is 1. The highest BCUT2D eigenvalue weighted by molar-refractivity contribution is 7.80. The van der Waals surface area contributed by atoms with Gasteiger partial charge >= 0.3 is 5.97 Å². The standard InChI is InChI=1S/C14H24N2O3S/c1-3-9-16(10-11(17)19-2)13(18)14(12(15)20)7-5-4-6-8-14/h3-10H2,1-2H3,(H2,15,20). The van der Waals surface area contributed by atoms with Crippen LogP contribution in [0.4, 0.5) is 0 Å². The molecule has 0 unspecified atom stereocenters. The number of carbonyl (C=O) groups is 2. The predicted molar refractivity (Wildman–Crippen MR) is 81.2 cm³/mol. The van der Waals surface area contributed by atoms with Crippen LogP contribution in [-0.4, -0.2) is 42.0 Å². The molecule has 1 saturated carbocycles. The molecule has 6 heteroatoms. The fourth-order valence-corrected chi connectivity index (χ4v) is 3.06. The van der Waals surface area contributed by atoms with E-state index >= 15 is 0 Å². The highest BCUT2D eigenvalue weighted by Gasteiger charge is 2.44. The predicted octanol–water partition coefficient (Wildman–Crippen LogP) is 1.63. The fourth-order valence-electron chi connectivity index (χ4n) is 2.77. The second-order valence-corrected chi connectivity index (χ2v) is 5.75. The first-order valence-corrected chi connectivity index (χ1v) is 7.55. The van der Waals surface area contributed by atoms with Crippen LogP contribution in [0.15, 0.2) is 0 Å². The average Bonchev–Trinajstić information content (AvgIpc) is 2.46. The first kappa shape index (κ1) is 16.9. The zero-order valence-corrected chi connectivity index (χ0v) is 13.1. The number of ether oxygens (including phenoxy) is 1. The van der Waals surface area contributed by atoms with E-state index in [1.165, 1.54) is 12.0 Å². The summed E-state index contributed by atoms with van der Waals surface area (Å²) in [6.07, 6.45) is 5.13. The first-order chi connectivity index (χ1) is 9.47. The molecule has 1 aliphatic rings. The average molecular weight is 300 g/mol. The van der Waals surface area contributed by atoms with Gasteiger partial charge in [-0.2, -0.15) is 0 Å². The molecule has 0 aromatic rings. The van der Waals surface area contributed by atoms with Crippen LogP contribution >= 0.6 is 12.2 Å². The SMILES string of the molecule is CCCN(CC(=O)OC)C(=O)C1(C(N)=S)CCCCC1. The van der Waals surface area contributed by atoms with Gasteiger partial charge in [-0.15, -0.1) is 0 Å². The summed E-state index contributed by atoms with van der Waals surface area (Å²) in [5.74, 6) is -0.530. The number of amides is 1. The van der Waals surface area contributed by atoms with Crippen LogP contribution in [0.5, 0.6) is 0 Å². The zero-order valence-electron chi connectivity index (χ0n) is 12.3. The Balaban J connectivity index is 2.94. The van der Waals surface area contributed by atoms with Gasteiger partial charge in [0.05, 0.1) is 17.5 Å². The summed E-state index contributed by atoms with van der Waals surface area (Å²) in [5, 5.41) is 0. The van der Waals surface area contributed by atoms with E-state index in [1.807, 2.05) is 6.92 Å². The molecule has 0 heterocycles. The van der Waals surface area contributed by atoms with E-state index in [4.69, 9.17) is 18.0 Å². The lowest BCUT2D eigenvalue weighted by Crippen LogP contribution is -2.53. The van der Waals surface area contributed by atoms with E-state index < -0.39 is 11.4 Å². The number of carbonyl (C=O) groups excluding carboxylic acids is 2. The van der Waals surface area contributed by atoms with E-state index in [0.29, 0.717) is 19.4 Å². The Hall–Kier alpha value is -1.17. The van der Waals surface area contributed by atoms with Crippen LogP contribution < -0.4 is 5.73 Å². The van der Waals surface area contributed by atoms with E-state index in [0.717, 1.165) is 25.7 Å². The van der Waals surface area contributed by atoms with Crippen LogP contribution in [0.25, 0.3) is 0 Å². The van der Waals surface area contributed by atoms with Gasteiger partial charge in [0.2, 0.25) is 5.91 Å². The summed E-state index contributed by atoms with van der Waals surface area (Å²) < 4.78 is 4.66. The number of nitrogens with zero attached hydrogens (tertiary/aromatic N) is 1. The molecular formula is C14H24N2O3S. The van der Waals surface area contributed by atoms with E-state index in [9.17, 15) is 9.59 Å². The Morgan fingerprint density at radius 2 is 1.90 bits per heavy atom. The molecule has 0 aromatic heterocycles. The van der Waals surface area contributed by atoms with Crippen molar-refractivity contribution in [1.82, 2.24) is 4.90 Å². The van der Waals surface area contributed by atoms with Gasteiger partial charge < -0.3 is 15.4 Å². The van der Waals surface area contributed by atoms with E-state index in [2.05, 4.69) is 4.74 Å². The molecule has 1 amide bonds. The molecule has 1 rings (SSSR count). The molecular weight excluding hydrogens is 276 g/mol. The van der Waals surface area contributed by atoms with E-state index in [-0.39, 0.29) is 17.4 Å². The lowest BCUT2D eigenvalue weighted by atomic mass is 9.73. The molecule has 0 aliphatic heterocycles. The van der Waals surface area contributed by atoms with Gasteiger partial charge in [-0.25, -0.2) is 0 Å². The van der Waals surface area contributed by atoms with Gasteiger partial charge in [-0.1, -0.05) is 38.4 Å². The maximum absolute atomic E-state index is 12.9. The van der Waals surface area contributed by atoms with Crippen LogP contribution in [0.2, 0.25) is 0 Å². The third-order valence-corrected chi connectivity index (χ3v) is 4.31. The normalized spacial score (nSPS) is 17.3. The highest BCUT2D eigenvalue weighted by Crippen LogP contribution is 2.38. The molecule has 1 fully saturated rings. The lowest BCUT2D eigenvalue weighted by molar-refractivity contribution is -0.150. The van der Waals surface area contributed by atoms with Crippen molar-refractivity contribution in [2.24, 2.45) is 11.1 Å². The van der Waals surface area contributed by atoms with Crippen molar-refractivity contribution in [3.8, 4) is 0 Å². The Labute approximate surface area is 125 Å². The van der Waals surface area contributed by atoms with Crippen molar-refractivity contribution in [3.05, 3.63) is 0 Å². The summed E-state index contributed by atoms with van der Waals surface area (Å²) in [7, 11) is 1.32. The highest BCUT2D eigenvalue weighted by atomic mass is 32.1. The van der Waals surface area contributed by atoms with Crippen LogP contribution in [0.1, 0.15) is 45.4 Å². The largest absolute Gasteiger partial charge is 0.468 e. The van der Waals surface area contributed by atoms with Crippen molar-refractivity contribution < 1.29 is 14.3 Å². The summed E-state index contributed by atoms with van der Waals surface area (Å²) in [4.78, 5) is 26.1. The Morgan fingerprint density at radius 3 is 2.35 bits per heavy atom. The molecule has 0 radical (unpaired) electrons. The third-order valence-electron chi connectivity index (χ3n) is 3.92. The quantitative estimate of drug-likeness (QED) is 0.596. The monoisotopic (exact) mass is 300 g/mol. The topological polar surface area (TPSA) is 72.6 Å². The molecule has 0 saturated heterocycles. The lowest BCUT2D eigenvalue weighted by Gasteiger charge is -2.38. The van der Waals surface area contributed by atoms with Crippen molar-refractivity contribution in [1.29, 1.82) is 0 Å². The summed E-state index contributed by atoms with van der Waals surface area (Å²) in [6, 6.07) is 0. The van der Waals surface area contributed by atoms with Crippen molar-refractivity contribution in [3.63, 3.8) is 0 Å². The van der Waals surface area contributed by atoms with Crippen LogP contribution in [0.3, 0.4) is 0 Å². The van der Waals surface area contributed by atoms with Gasteiger partial charge in [0.15, 0.2) is 0 Å². The molecule has 114 valence electrons. The molecule has 0 bridgehead atoms. The molecule has 5 nitrogen and oxygen atoms in total. The number of rotatable bonds is 6. The van der Waals surface area contributed by atoms with Crippen LogP contribution in [-0.2, 0) is 14.3 Å². The van der Waals surface area contributed by atoms with Gasteiger partial charge in [-0.05, 0) is 19.3 Å². The minimum atomic E-state index is -0.767. The molecule has 1 aliphatic carbocycles. The third kappa shape index (κ3) is 3.69. The summed E-state index contributed by atoms with van der Waals surface area (Å²) >= 11 is 5.16. The summed E-state index contributed by atoms with van der Waals surface area (Å²) in [5.41, 5.74) is 5.10. The second kappa shape index (κ2) is 7.57. The van der Waals surface area contributed by atoms with Gasteiger partial charge in [0, 0.05) is 6.54 Å². The van der Waals surface area contributed by atoms with Gasteiger partial charge in [0.1, 0.15) is 6.54 Å². The summed E-state index contributed by atoms with van der Waals surface area (Å²) in [6.45, 7) is 2.44. The maximum Gasteiger partial charge on any atom is 0.325 e. The maximum atomic E-state index is 12.9. The molecule has 0 aromatic carbocycles. The molecule has 0 spiro atoms. The minimum absolute atomic E-state index is 0.0342. The number of methoxy groups -OCH3 is 1. The first-order valence-electron chi connectivity index (χ1n) is 7.14. The van der Waals surface area contributed by atoms with Gasteiger partial charge in [0.25, 0.3) is 0 Å². The number of hydrogen-bond donors (Lipinski definition) is 1. The van der Waals surface area contributed by atoms with Crippen molar-refractivity contribution in [2.75, 3.05) is 20.2 Å². The number of nitrogens with two attached hydrogens (primary N) is 1. The molecule has 2 N–H and O–H groups in total. The number of thiocarbonyl (C=S) groups is 1. The number of hydrogen-bond acceptors (Lipinski definition) is 4. The Kier molecular flexibility index (Phi) is 6.39. The Morgan fingerprint density at radius 1 is 1.30 bits per heavy atom. The fraction of sp³-hybridized carbons (Fsp3) is 0.786. The molecule has 20 heavy (non-hydrogen) atoms. The van der Waals surface area contributed by atoms with Crippen molar-refractivity contribution >= 4 is 29.1 Å².